The highest BCUT2D eigenvalue weighted by molar-refractivity contribution is 5.51. The summed E-state index contributed by atoms with van der Waals surface area (Å²) in [6, 6.07) is 8.59. The van der Waals surface area contributed by atoms with Gasteiger partial charge in [-0.2, -0.15) is 0 Å². The summed E-state index contributed by atoms with van der Waals surface area (Å²) in [5.41, 5.74) is 2.09. The number of rotatable bonds is 3. The first-order chi connectivity index (χ1) is 7.29. The summed E-state index contributed by atoms with van der Waals surface area (Å²) in [7, 11) is 0. The molecule has 1 fully saturated rings. The number of benzene rings is 1. The van der Waals surface area contributed by atoms with Crippen molar-refractivity contribution >= 4 is 5.69 Å². The standard InChI is InChI=1S/C13H19NO/c1-10-6-7-12(8-10)14-13-5-3-2-4-11(13)9-15/h2-5,10,12,14-15H,6-9H2,1H3. The van der Waals surface area contributed by atoms with Crippen LogP contribution in [-0.4, -0.2) is 11.1 Å². The Morgan fingerprint density at radius 2 is 2.13 bits per heavy atom. The molecule has 2 unspecified atom stereocenters. The van der Waals surface area contributed by atoms with Crippen LogP contribution in [0.2, 0.25) is 0 Å². The Balaban J connectivity index is 2.04. The third-order valence-corrected chi connectivity index (χ3v) is 3.24. The Kier molecular flexibility index (Phi) is 3.27. The molecule has 82 valence electrons. The van der Waals surface area contributed by atoms with E-state index in [4.69, 9.17) is 0 Å². The maximum atomic E-state index is 9.20. The van der Waals surface area contributed by atoms with Crippen LogP contribution in [0.1, 0.15) is 31.7 Å². The van der Waals surface area contributed by atoms with Gasteiger partial charge in [-0.15, -0.1) is 0 Å². The fraction of sp³-hybridized carbons (Fsp3) is 0.538. The van der Waals surface area contributed by atoms with Crippen molar-refractivity contribution in [1.29, 1.82) is 0 Å². The van der Waals surface area contributed by atoms with Gasteiger partial charge in [0.05, 0.1) is 6.61 Å². The molecule has 1 saturated carbocycles. The lowest BCUT2D eigenvalue weighted by atomic mass is 10.1. The molecule has 0 aromatic heterocycles. The Labute approximate surface area is 91.3 Å². The molecule has 2 N–H and O–H groups in total. The number of hydrogen-bond acceptors (Lipinski definition) is 2. The monoisotopic (exact) mass is 205 g/mol. The van der Waals surface area contributed by atoms with Crippen LogP contribution in [0.15, 0.2) is 24.3 Å². The molecule has 0 aliphatic heterocycles. The first-order valence-electron chi connectivity index (χ1n) is 5.75. The van der Waals surface area contributed by atoms with E-state index in [9.17, 15) is 5.11 Å². The van der Waals surface area contributed by atoms with Gasteiger partial charge in [-0.25, -0.2) is 0 Å². The number of nitrogens with one attached hydrogen (secondary N) is 1. The molecule has 0 amide bonds. The number of para-hydroxylation sites is 1. The topological polar surface area (TPSA) is 32.3 Å². The summed E-state index contributed by atoms with van der Waals surface area (Å²) in [6.07, 6.45) is 3.82. The average molecular weight is 205 g/mol. The van der Waals surface area contributed by atoms with Crippen molar-refractivity contribution in [2.75, 3.05) is 5.32 Å². The molecule has 1 aliphatic rings. The summed E-state index contributed by atoms with van der Waals surface area (Å²) in [4.78, 5) is 0. The van der Waals surface area contributed by atoms with Crippen molar-refractivity contribution in [3.05, 3.63) is 29.8 Å². The van der Waals surface area contributed by atoms with E-state index in [2.05, 4.69) is 18.3 Å². The number of anilines is 1. The van der Waals surface area contributed by atoms with Gasteiger partial charge in [-0.1, -0.05) is 25.1 Å². The quantitative estimate of drug-likeness (QED) is 0.795. The molecule has 0 saturated heterocycles. The Bertz CT molecular complexity index is 324. The van der Waals surface area contributed by atoms with Gasteiger partial charge in [0.15, 0.2) is 0 Å². The summed E-state index contributed by atoms with van der Waals surface area (Å²) >= 11 is 0. The first-order valence-corrected chi connectivity index (χ1v) is 5.75. The predicted octanol–water partition coefficient (Wildman–Crippen LogP) is 2.78. The molecule has 1 aromatic carbocycles. The second-order valence-corrected chi connectivity index (χ2v) is 4.57. The zero-order valence-corrected chi connectivity index (χ0v) is 9.24. The van der Waals surface area contributed by atoms with Crippen LogP contribution < -0.4 is 5.32 Å². The van der Waals surface area contributed by atoms with E-state index in [1.165, 1.54) is 19.3 Å². The lowest BCUT2D eigenvalue weighted by molar-refractivity contribution is 0.282. The third kappa shape index (κ3) is 2.51. The van der Waals surface area contributed by atoms with E-state index in [1.807, 2.05) is 18.2 Å². The molecule has 2 heteroatoms. The zero-order valence-electron chi connectivity index (χ0n) is 9.24. The predicted molar refractivity (Wildman–Crippen MR) is 62.8 cm³/mol. The van der Waals surface area contributed by atoms with Gasteiger partial charge in [-0.3, -0.25) is 0 Å². The SMILES string of the molecule is CC1CCC(Nc2ccccc2CO)C1. The highest BCUT2D eigenvalue weighted by atomic mass is 16.3. The molecule has 15 heavy (non-hydrogen) atoms. The van der Waals surface area contributed by atoms with Gasteiger partial charge in [0, 0.05) is 17.3 Å². The van der Waals surface area contributed by atoms with E-state index in [1.54, 1.807) is 0 Å². The van der Waals surface area contributed by atoms with Crippen molar-refractivity contribution in [1.82, 2.24) is 0 Å². The highest BCUT2D eigenvalue weighted by Crippen LogP contribution is 2.28. The number of hydrogen-bond donors (Lipinski definition) is 2. The van der Waals surface area contributed by atoms with E-state index in [-0.39, 0.29) is 6.61 Å². The molecule has 2 atom stereocenters. The van der Waals surface area contributed by atoms with Crippen LogP contribution in [0.4, 0.5) is 5.69 Å². The van der Waals surface area contributed by atoms with E-state index < -0.39 is 0 Å². The lowest BCUT2D eigenvalue weighted by Gasteiger charge is -2.16. The van der Waals surface area contributed by atoms with Crippen LogP contribution in [0, 0.1) is 5.92 Å². The first kappa shape index (κ1) is 10.5. The number of aliphatic hydroxyl groups is 1. The highest BCUT2D eigenvalue weighted by Gasteiger charge is 2.21. The van der Waals surface area contributed by atoms with Crippen LogP contribution in [0.3, 0.4) is 0 Å². The van der Waals surface area contributed by atoms with Crippen LogP contribution in [0.25, 0.3) is 0 Å². The third-order valence-electron chi connectivity index (χ3n) is 3.24. The minimum atomic E-state index is 0.117. The molecule has 2 nitrogen and oxygen atoms in total. The minimum Gasteiger partial charge on any atom is -0.392 e. The fourth-order valence-corrected chi connectivity index (χ4v) is 2.36. The summed E-state index contributed by atoms with van der Waals surface area (Å²) < 4.78 is 0. The fourth-order valence-electron chi connectivity index (χ4n) is 2.36. The second kappa shape index (κ2) is 4.67. The van der Waals surface area contributed by atoms with Crippen molar-refractivity contribution in [2.45, 2.75) is 38.8 Å². The van der Waals surface area contributed by atoms with E-state index in [0.29, 0.717) is 6.04 Å². The maximum Gasteiger partial charge on any atom is 0.0701 e. The summed E-state index contributed by atoms with van der Waals surface area (Å²) in [5.74, 6) is 0.837. The Hall–Kier alpha value is -1.02. The summed E-state index contributed by atoms with van der Waals surface area (Å²) in [6.45, 7) is 2.42. The molecule has 0 radical (unpaired) electrons. The van der Waals surface area contributed by atoms with Crippen LogP contribution in [-0.2, 0) is 6.61 Å². The largest absolute Gasteiger partial charge is 0.392 e. The molecular formula is C13H19NO. The smallest absolute Gasteiger partial charge is 0.0701 e. The Morgan fingerprint density at radius 3 is 2.80 bits per heavy atom. The summed E-state index contributed by atoms with van der Waals surface area (Å²) in [5, 5.41) is 12.7. The minimum absolute atomic E-state index is 0.117. The normalized spacial score (nSPS) is 25.5. The molecule has 0 spiro atoms. The average Bonchev–Trinajstić information content (AvgIpc) is 2.65. The van der Waals surface area contributed by atoms with Gasteiger partial charge >= 0.3 is 0 Å². The van der Waals surface area contributed by atoms with Crippen molar-refractivity contribution in [2.24, 2.45) is 5.92 Å². The van der Waals surface area contributed by atoms with Gasteiger partial charge in [0.2, 0.25) is 0 Å². The molecule has 0 heterocycles. The van der Waals surface area contributed by atoms with Gasteiger partial charge < -0.3 is 10.4 Å². The molecule has 0 bridgehead atoms. The molecule has 2 rings (SSSR count). The van der Waals surface area contributed by atoms with Gasteiger partial charge in [0.25, 0.3) is 0 Å². The van der Waals surface area contributed by atoms with E-state index >= 15 is 0 Å². The van der Waals surface area contributed by atoms with Crippen molar-refractivity contribution in [3.63, 3.8) is 0 Å². The van der Waals surface area contributed by atoms with E-state index in [0.717, 1.165) is 17.2 Å². The maximum absolute atomic E-state index is 9.20. The van der Waals surface area contributed by atoms with Crippen LogP contribution in [0.5, 0.6) is 0 Å². The van der Waals surface area contributed by atoms with Crippen LogP contribution >= 0.6 is 0 Å². The molecule has 1 aromatic rings. The molecular weight excluding hydrogens is 186 g/mol. The lowest BCUT2D eigenvalue weighted by Crippen LogP contribution is -2.16. The zero-order chi connectivity index (χ0) is 10.7. The van der Waals surface area contributed by atoms with Gasteiger partial charge in [0.1, 0.15) is 0 Å². The molecule has 1 aliphatic carbocycles. The van der Waals surface area contributed by atoms with Crippen molar-refractivity contribution in [3.8, 4) is 0 Å². The Morgan fingerprint density at radius 1 is 1.33 bits per heavy atom. The second-order valence-electron chi connectivity index (χ2n) is 4.57. The number of aliphatic hydroxyl groups excluding tert-OH is 1. The van der Waals surface area contributed by atoms with Gasteiger partial charge in [-0.05, 0) is 31.2 Å². The van der Waals surface area contributed by atoms with Crippen molar-refractivity contribution < 1.29 is 5.11 Å².